The summed E-state index contributed by atoms with van der Waals surface area (Å²) >= 11 is 0. The van der Waals surface area contributed by atoms with Crippen LogP contribution in [0.1, 0.15) is 18.9 Å². The maximum absolute atomic E-state index is 13.1. The van der Waals surface area contributed by atoms with Crippen LogP contribution in [0.2, 0.25) is 0 Å². The van der Waals surface area contributed by atoms with Gasteiger partial charge in [-0.15, -0.1) is 0 Å². The molecule has 1 aromatic rings. The van der Waals surface area contributed by atoms with Gasteiger partial charge >= 0.3 is 0 Å². The lowest BCUT2D eigenvalue weighted by Crippen LogP contribution is -2.20. The van der Waals surface area contributed by atoms with Crippen LogP contribution >= 0.6 is 0 Å². The molecule has 18 heavy (non-hydrogen) atoms. The molecule has 0 radical (unpaired) electrons. The lowest BCUT2D eigenvalue weighted by molar-refractivity contribution is -0.118. The molecule has 0 bridgehead atoms. The number of rotatable bonds is 2. The summed E-state index contributed by atoms with van der Waals surface area (Å²) in [6.07, 6.45) is 0.108. The number of amides is 1. The summed E-state index contributed by atoms with van der Waals surface area (Å²) in [5.74, 6) is -2.01. The average Bonchev–Trinajstić information content (AvgIpc) is 2.30. The molecule has 1 N–H and O–H groups in total. The summed E-state index contributed by atoms with van der Waals surface area (Å²) in [5.41, 5.74) is -0.949. The minimum absolute atomic E-state index is 0.108. The summed E-state index contributed by atoms with van der Waals surface area (Å²) < 4.78 is 51.8. The molecule has 0 aliphatic carbocycles. The van der Waals surface area contributed by atoms with Crippen molar-refractivity contribution >= 4 is 5.91 Å². The molecule has 0 saturated carbocycles. The fraction of sp³-hybridized carbons (Fsp3) is 0.250. The van der Waals surface area contributed by atoms with Gasteiger partial charge in [0, 0.05) is 26.0 Å². The first-order valence-electron chi connectivity index (χ1n) is 4.99. The highest BCUT2D eigenvalue weighted by Crippen LogP contribution is 2.18. The van der Waals surface area contributed by atoms with Crippen molar-refractivity contribution in [3.05, 3.63) is 34.9 Å². The quantitative estimate of drug-likeness (QED) is 0.375. The van der Waals surface area contributed by atoms with Crippen molar-refractivity contribution < 1.29 is 22.4 Å². The van der Waals surface area contributed by atoms with Crippen LogP contribution in [0, 0.1) is 35.1 Å². The lowest BCUT2D eigenvalue weighted by Gasteiger charge is -2.00. The summed E-state index contributed by atoms with van der Waals surface area (Å²) in [6, 6.07) is 0.118. The Bertz CT molecular complexity index is 505. The molecule has 1 amide bonds. The van der Waals surface area contributed by atoms with Gasteiger partial charge in [0.25, 0.3) is 0 Å². The molecule has 0 atom stereocenters. The van der Waals surface area contributed by atoms with Crippen molar-refractivity contribution in [3.8, 4) is 11.8 Å². The molecular formula is C12H9F4NO. The molecule has 1 rings (SSSR count). The molecule has 0 aliphatic heterocycles. The van der Waals surface area contributed by atoms with Gasteiger partial charge in [0.2, 0.25) is 5.91 Å². The van der Waals surface area contributed by atoms with Gasteiger partial charge in [-0.2, -0.15) is 0 Å². The van der Waals surface area contributed by atoms with E-state index in [1.165, 1.54) is 6.92 Å². The predicted octanol–water partition coefficient (Wildman–Crippen LogP) is 2.12. The third-order valence-corrected chi connectivity index (χ3v) is 1.95. The minimum Gasteiger partial charge on any atom is -0.355 e. The molecule has 0 spiro atoms. The van der Waals surface area contributed by atoms with Gasteiger partial charge in [0.15, 0.2) is 23.3 Å². The van der Waals surface area contributed by atoms with Crippen LogP contribution in [0.4, 0.5) is 17.6 Å². The Morgan fingerprint density at radius 3 is 2.28 bits per heavy atom. The maximum Gasteiger partial charge on any atom is 0.216 e. The van der Waals surface area contributed by atoms with Crippen molar-refractivity contribution in [3.63, 3.8) is 0 Å². The van der Waals surface area contributed by atoms with Crippen molar-refractivity contribution in [1.82, 2.24) is 5.32 Å². The molecule has 1 aromatic carbocycles. The van der Waals surface area contributed by atoms with E-state index in [1.807, 2.05) is 5.92 Å². The molecule has 96 valence electrons. The number of nitrogens with one attached hydrogen (secondary N) is 1. The van der Waals surface area contributed by atoms with Gasteiger partial charge in [-0.3, -0.25) is 4.79 Å². The van der Waals surface area contributed by atoms with Crippen LogP contribution < -0.4 is 5.32 Å². The Hall–Kier alpha value is -2.03. The smallest absolute Gasteiger partial charge is 0.216 e. The number of halogens is 4. The predicted molar refractivity (Wildman–Crippen MR) is 56.5 cm³/mol. The van der Waals surface area contributed by atoms with Crippen molar-refractivity contribution in [2.45, 2.75) is 13.3 Å². The molecule has 0 saturated heterocycles. The van der Waals surface area contributed by atoms with Gasteiger partial charge in [-0.1, -0.05) is 11.8 Å². The number of benzene rings is 1. The molecule has 0 fully saturated rings. The first kappa shape index (κ1) is 14.0. The second-order valence-electron chi connectivity index (χ2n) is 3.38. The van der Waals surface area contributed by atoms with E-state index < -0.39 is 28.8 Å². The van der Waals surface area contributed by atoms with E-state index >= 15 is 0 Å². The van der Waals surface area contributed by atoms with E-state index in [2.05, 4.69) is 11.2 Å². The second-order valence-corrected chi connectivity index (χ2v) is 3.38. The van der Waals surface area contributed by atoms with E-state index in [0.717, 1.165) is 0 Å². The SMILES string of the molecule is CC(=O)NCCC#Cc1c(F)c(F)cc(F)c1F. The van der Waals surface area contributed by atoms with Gasteiger partial charge in [-0.05, 0) is 0 Å². The van der Waals surface area contributed by atoms with Crippen LogP contribution in [0.15, 0.2) is 6.07 Å². The van der Waals surface area contributed by atoms with Crippen molar-refractivity contribution in [2.75, 3.05) is 6.54 Å². The average molecular weight is 259 g/mol. The van der Waals surface area contributed by atoms with E-state index in [4.69, 9.17) is 0 Å². The number of carbonyl (C=O) groups excluding carboxylic acids is 1. The van der Waals surface area contributed by atoms with Crippen molar-refractivity contribution in [2.24, 2.45) is 0 Å². The van der Waals surface area contributed by atoms with Crippen LogP contribution in [0.5, 0.6) is 0 Å². The summed E-state index contributed by atoms with van der Waals surface area (Å²) in [5, 5.41) is 2.41. The lowest BCUT2D eigenvalue weighted by atomic mass is 10.2. The Morgan fingerprint density at radius 2 is 1.78 bits per heavy atom. The maximum atomic E-state index is 13.1. The zero-order valence-corrected chi connectivity index (χ0v) is 9.41. The van der Waals surface area contributed by atoms with Crippen molar-refractivity contribution in [1.29, 1.82) is 0 Å². The first-order valence-corrected chi connectivity index (χ1v) is 4.99. The molecule has 6 heteroatoms. The van der Waals surface area contributed by atoms with Crippen LogP contribution in [-0.4, -0.2) is 12.5 Å². The second kappa shape index (κ2) is 6.05. The number of carbonyl (C=O) groups is 1. The minimum atomic E-state index is -1.53. The van der Waals surface area contributed by atoms with E-state index in [9.17, 15) is 22.4 Å². The van der Waals surface area contributed by atoms with Gasteiger partial charge in [0.1, 0.15) is 5.56 Å². The highest BCUT2D eigenvalue weighted by molar-refractivity contribution is 5.72. The Labute approximate surface area is 101 Å². The zero-order chi connectivity index (χ0) is 13.7. The van der Waals surface area contributed by atoms with Crippen LogP contribution in [-0.2, 0) is 4.79 Å². The van der Waals surface area contributed by atoms with Gasteiger partial charge in [-0.25, -0.2) is 17.6 Å². The van der Waals surface area contributed by atoms with Gasteiger partial charge < -0.3 is 5.32 Å². The monoisotopic (exact) mass is 259 g/mol. The molecule has 0 aromatic heterocycles. The molecule has 0 aliphatic rings. The van der Waals surface area contributed by atoms with Crippen LogP contribution in [0.3, 0.4) is 0 Å². The van der Waals surface area contributed by atoms with E-state index in [1.54, 1.807) is 0 Å². The van der Waals surface area contributed by atoms with Crippen LogP contribution in [0.25, 0.3) is 0 Å². The topological polar surface area (TPSA) is 29.1 Å². The highest BCUT2D eigenvalue weighted by Gasteiger charge is 2.17. The zero-order valence-electron chi connectivity index (χ0n) is 9.41. The molecule has 0 unspecified atom stereocenters. The molecule has 0 heterocycles. The largest absolute Gasteiger partial charge is 0.355 e. The van der Waals surface area contributed by atoms with E-state index in [-0.39, 0.29) is 24.9 Å². The summed E-state index contributed by atoms with van der Waals surface area (Å²) in [6.45, 7) is 1.48. The summed E-state index contributed by atoms with van der Waals surface area (Å²) in [4.78, 5) is 10.5. The number of hydrogen-bond acceptors (Lipinski definition) is 1. The Morgan fingerprint density at radius 1 is 1.22 bits per heavy atom. The fourth-order valence-electron chi connectivity index (χ4n) is 1.13. The first-order chi connectivity index (χ1) is 8.43. The normalized spacial score (nSPS) is 9.61. The Balaban J connectivity index is 2.85. The van der Waals surface area contributed by atoms with Gasteiger partial charge in [0.05, 0.1) is 0 Å². The third-order valence-electron chi connectivity index (χ3n) is 1.95. The van der Waals surface area contributed by atoms with E-state index in [0.29, 0.717) is 0 Å². The molecular weight excluding hydrogens is 250 g/mol. The highest BCUT2D eigenvalue weighted by atomic mass is 19.2. The standard InChI is InChI=1S/C12H9F4NO/c1-7(18)17-5-3-2-4-8-11(15)9(13)6-10(14)12(8)16/h6H,3,5H2,1H3,(H,17,18). The Kier molecular flexibility index (Phi) is 4.72. The molecule has 2 nitrogen and oxygen atoms in total. The summed E-state index contributed by atoms with van der Waals surface area (Å²) in [7, 11) is 0. The number of hydrogen-bond donors (Lipinski definition) is 1. The fourth-order valence-corrected chi connectivity index (χ4v) is 1.13. The third kappa shape index (κ3) is 3.48.